The molecule has 1 rings (SSSR count). The summed E-state index contributed by atoms with van der Waals surface area (Å²) < 4.78 is 0. The smallest absolute Gasteiger partial charge is 0.234 e. The summed E-state index contributed by atoms with van der Waals surface area (Å²) in [5, 5.41) is 15.8. The predicted octanol–water partition coefficient (Wildman–Crippen LogP) is 1.43. The lowest BCUT2D eigenvalue weighted by Gasteiger charge is -2.26. The molecule has 2 unspecified atom stereocenters. The maximum Gasteiger partial charge on any atom is 0.234 e. The van der Waals surface area contributed by atoms with Crippen LogP contribution >= 0.6 is 0 Å². The summed E-state index contributed by atoms with van der Waals surface area (Å²) in [6.07, 6.45) is 5.91. The summed E-state index contributed by atoms with van der Waals surface area (Å²) in [4.78, 5) is 11.7. The van der Waals surface area contributed by atoms with Gasteiger partial charge in [0.2, 0.25) is 5.91 Å². The highest BCUT2D eigenvalue weighted by molar-refractivity contribution is 5.78. The van der Waals surface area contributed by atoms with Crippen LogP contribution in [0.3, 0.4) is 0 Å². The number of hydrogen-bond acceptors (Lipinski definition) is 3. The van der Waals surface area contributed by atoms with Gasteiger partial charge in [0.25, 0.3) is 0 Å². The van der Waals surface area contributed by atoms with Gasteiger partial charge < -0.3 is 15.7 Å². The number of carbonyl (C=O) groups is 1. The first-order valence-electron chi connectivity index (χ1n) is 7.33. The Hall–Kier alpha value is -0.610. The van der Waals surface area contributed by atoms with Gasteiger partial charge >= 0.3 is 0 Å². The Bertz CT molecular complexity index is 242. The van der Waals surface area contributed by atoms with Crippen molar-refractivity contribution < 1.29 is 9.90 Å². The van der Waals surface area contributed by atoms with E-state index in [9.17, 15) is 9.90 Å². The molecule has 1 fully saturated rings. The predicted molar refractivity (Wildman–Crippen MR) is 73.3 cm³/mol. The first-order valence-corrected chi connectivity index (χ1v) is 7.33. The number of carbonyl (C=O) groups excluding carboxylic acids is 1. The number of hydrogen-bond donors (Lipinski definition) is 3. The average molecular weight is 256 g/mol. The maximum atomic E-state index is 11.7. The van der Waals surface area contributed by atoms with Crippen LogP contribution in [0.4, 0.5) is 0 Å². The van der Waals surface area contributed by atoms with Crippen LogP contribution in [0.25, 0.3) is 0 Å². The minimum Gasteiger partial charge on any atom is -0.393 e. The Kier molecular flexibility index (Phi) is 7.28. The Balaban J connectivity index is 2.11. The molecule has 0 heterocycles. The number of amides is 1. The van der Waals surface area contributed by atoms with Crippen molar-refractivity contribution in [2.45, 2.75) is 64.5 Å². The summed E-state index contributed by atoms with van der Waals surface area (Å²) >= 11 is 0. The molecule has 0 radical (unpaired) electrons. The van der Waals surface area contributed by atoms with E-state index in [2.05, 4.69) is 24.5 Å². The molecule has 0 bridgehead atoms. The van der Waals surface area contributed by atoms with Crippen molar-refractivity contribution in [3.05, 3.63) is 0 Å². The summed E-state index contributed by atoms with van der Waals surface area (Å²) in [5.41, 5.74) is 0. The first kappa shape index (κ1) is 15.4. The lowest BCUT2D eigenvalue weighted by molar-refractivity contribution is -0.121. The van der Waals surface area contributed by atoms with E-state index in [0.29, 0.717) is 18.5 Å². The van der Waals surface area contributed by atoms with E-state index in [4.69, 9.17) is 0 Å². The number of nitrogens with one attached hydrogen (secondary N) is 2. The van der Waals surface area contributed by atoms with Crippen molar-refractivity contribution in [3.63, 3.8) is 0 Å². The molecule has 1 saturated carbocycles. The Morgan fingerprint density at radius 1 is 1.33 bits per heavy atom. The Morgan fingerprint density at radius 2 is 2.06 bits per heavy atom. The fourth-order valence-electron chi connectivity index (χ4n) is 2.61. The van der Waals surface area contributed by atoms with Crippen LogP contribution in [0.15, 0.2) is 0 Å². The van der Waals surface area contributed by atoms with Crippen LogP contribution in [0.1, 0.15) is 52.4 Å². The zero-order valence-corrected chi connectivity index (χ0v) is 11.7. The molecule has 0 aliphatic heterocycles. The molecule has 0 aromatic carbocycles. The van der Waals surface area contributed by atoms with Crippen LogP contribution in [0.5, 0.6) is 0 Å². The third kappa shape index (κ3) is 5.83. The topological polar surface area (TPSA) is 61.4 Å². The van der Waals surface area contributed by atoms with Gasteiger partial charge in [-0.1, -0.05) is 20.3 Å². The largest absolute Gasteiger partial charge is 0.393 e. The zero-order valence-electron chi connectivity index (χ0n) is 11.7. The molecule has 106 valence electrons. The number of aliphatic hydroxyl groups is 1. The van der Waals surface area contributed by atoms with Crippen LogP contribution in [-0.2, 0) is 4.79 Å². The van der Waals surface area contributed by atoms with Gasteiger partial charge in [-0.05, 0) is 44.6 Å². The van der Waals surface area contributed by atoms with Gasteiger partial charge in [-0.3, -0.25) is 4.79 Å². The quantitative estimate of drug-likeness (QED) is 0.646. The van der Waals surface area contributed by atoms with Gasteiger partial charge in [0.15, 0.2) is 0 Å². The molecule has 0 aromatic heterocycles. The fourth-order valence-corrected chi connectivity index (χ4v) is 2.61. The Labute approximate surface area is 111 Å². The average Bonchev–Trinajstić information content (AvgIpc) is 2.36. The summed E-state index contributed by atoms with van der Waals surface area (Å²) in [6, 6.07) is 0.302. The van der Waals surface area contributed by atoms with Gasteiger partial charge in [-0.15, -0.1) is 0 Å². The number of aliphatic hydroxyl groups excluding tert-OH is 1. The first-order chi connectivity index (χ1) is 8.65. The van der Waals surface area contributed by atoms with Crippen molar-refractivity contribution in [1.29, 1.82) is 0 Å². The van der Waals surface area contributed by atoms with Gasteiger partial charge in [0.1, 0.15) is 0 Å². The highest BCUT2D eigenvalue weighted by atomic mass is 16.3. The van der Waals surface area contributed by atoms with Gasteiger partial charge in [0.05, 0.1) is 12.6 Å². The van der Waals surface area contributed by atoms with Crippen molar-refractivity contribution in [3.8, 4) is 0 Å². The van der Waals surface area contributed by atoms with E-state index in [0.717, 1.165) is 45.1 Å². The summed E-state index contributed by atoms with van der Waals surface area (Å²) in [6.45, 7) is 5.41. The molecule has 0 saturated heterocycles. The van der Waals surface area contributed by atoms with Crippen molar-refractivity contribution in [1.82, 2.24) is 10.6 Å². The number of rotatable bonds is 7. The molecule has 1 amide bonds. The molecule has 4 heteroatoms. The van der Waals surface area contributed by atoms with E-state index in [-0.39, 0.29) is 12.0 Å². The van der Waals surface area contributed by atoms with Crippen LogP contribution in [0.2, 0.25) is 0 Å². The second-order valence-corrected chi connectivity index (χ2v) is 5.40. The standard InChI is InChI=1S/C14H28N2O2/c1-3-12(4-2)16-14(18)10-15-9-11-6-5-7-13(17)8-11/h11-13,15,17H,3-10H2,1-2H3,(H,16,18). The molecular formula is C14H28N2O2. The van der Waals surface area contributed by atoms with Crippen molar-refractivity contribution in [2.75, 3.05) is 13.1 Å². The monoisotopic (exact) mass is 256 g/mol. The van der Waals surface area contributed by atoms with E-state index >= 15 is 0 Å². The van der Waals surface area contributed by atoms with Gasteiger partial charge in [0, 0.05) is 6.04 Å². The molecule has 3 N–H and O–H groups in total. The van der Waals surface area contributed by atoms with Crippen LogP contribution in [0, 0.1) is 5.92 Å². The van der Waals surface area contributed by atoms with E-state index in [1.165, 1.54) is 0 Å². The normalized spacial score (nSPS) is 24.2. The van der Waals surface area contributed by atoms with E-state index in [1.54, 1.807) is 0 Å². The molecule has 1 aliphatic carbocycles. The lowest BCUT2D eigenvalue weighted by atomic mass is 9.87. The minimum atomic E-state index is -0.135. The summed E-state index contributed by atoms with van der Waals surface area (Å²) in [5.74, 6) is 0.606. The maximum absolute atomic E-state index is 11.7. The van der Waals surface area contributed by atoms with Gasteiger partial charge in [-0.25, -0.2) is 0 Å². The molecular weight excluding hydrogens is 228 g/mol. The van der Waals surface area contributed by atoms with Crippen molar-refractivity contribution >= 4 is 5.91 Å². The fraction of sp³-hybridized carbons (Fsp3) is 0.929. The second kappa shape index (κ2) is 8.48. The molecule has 1 aliphatic rings. The van der Waals surface area contributed by atoms with Crippen molar-refractivity contribution in [2.24, 2.45) is 5.92 Å². The van der Waals surface area contributed by atoms with E-state index < -0.39 is 0 Å². The zero-order chi connectivity index (χ0) is 13.4. The third-order valence-corrected chi connectivity index (χ3v) is 3.82. The SMILES string of the molecule is CCC(CC)NC(=O)CNCC1CCCC(O)C1. The van der Waals surface area contributed by atoms with Gasteiger partial charge in [-0.2, -0.15) is 0 Å². The molecule has 0 aromatic rings. The second-order valence-electron chi connectivity index (χ2n) is 5.40. The van der Waals surface area contributed by atoms with Crippen LogP contribution in [-0.4, -0.2) is 36.2 Å². The molecule has 0 spiro atoms. The molecule has 2 atom stereocenters. The summed E-state index contributed by atoms with van der Waals surface area (Å²) in [7, 11) is 0. The Morgan fingerprint density at radius 3 is 2.67 bits per heavy atom. The van der Waals surface area contributed by atoms with Crippen LogP contribution < -0.4 is 10.6 Å². The minimum absolute atomic E-state index is 0.0834. The molecule has 18 heavy (non-hydrogen) atoms. The molecule has 4 nitrogen and oxygen atoms in total. The van der Waals surface area contributed by atoms with E-state index in [1.807, 2.05) is 0 Å². The highest BCUT2D eigenvalue weighted by Crippen LogP contribution is 2.23. The highest BCUT2D eigenvalue weighted by Gasteiger charge is 2.19. The lowest BCUT2D eigenvalue weighted by Crippen LogP contribution is -2.41. The third-order valence-electron chi connectivity index (χ3n) is 3.82.